The van der Waals surface area contributed by atoms with E-state index in [0.29, 0.717) is 37.2 Å². The number of ether oxygens (including phenoxy) is 1. The number of alkyl halides is 3. The first kappa shape index (κ1) is 28.0. The van der Waals surface area contributed by atoms with Gasteiger partial charge in [0.25, 0.3) is 0 Å². The summed E-state index contributed by atoms with van der Waals surface area (Å²) in [6.07, 6.45) is -2.35. The lowest BCUT2D eigenvalue weighted by atomic mass is 10.1. The van der Waals surface area contributed by atoms with Crippen molar-refractivity contribution >= 4 is 21.4 Å². The Morgan fingerprint density at radius 2 is 1.67 bits per heavy atom. The van der Waals surface area contributed by atoms with Gasteiger partial charge in [-0.15, -0.1) is 0 Å². The van der Waals surface area contributed by atoms with Crippen molar-refractivity contribution in [3.63, 3.8) is 0 Å². The first-order chi connectivity index (χ1) is 16.9. The van der Waals surface area contributed by atoms with Gasteiger partial charge in [-0.2, -0.15) is 13.2 Å². The molecule has 0 fully saturated rings. The average Bonchev–Trinajstić information content (AvgIpc) is 2.81. The van der Waals surface area contributed by atoms with Crippen LogP contribution in [0.1, 0.15) is 23.1 Å². The lowest BCUT2D eigenvalue weighted by Gasteiger charge is -2.24. The Kier molecular flexibility index (Phi) is 9.38. The normalized spacial score (nSPS) is 12.2. The monoisotopic (exact) mass is 543 g/mol. The second kappa shape index (κ2) is 12.1. The molecule has 0 atom stereocenters. The Morgan fingerprint density at radius 1 is 0.972 bits per heavy atom. The Morgan fingerprint density at radius 3 is 2.33 bits per heavy atom. The van der Waals surface area contributed by atoms with Crippen LogP contribution >= 0.6 is 11.6 Å². The lowest BCUT2D eigenvalue weighted by molar-refractivity contribution is -0.137. The van der Waals surface area contributed by atoms with E-state index in [0.717, 1.165) is 17.9 Å². The third kappa shape index (κ3) is 8.21. The van der Waals surface area contributed by atoms with E-state index in [1.807, 2.05) is 4.90 Å². The number of rotatable bonds is 11. The molecule has 0 spiro atoms. The molecule has 0 aliphatic heterocycles. The van der Waals surface area contributed by atoms with Crippen LogP contribution in [0.4, 0.5) is 17.6 Å². The van der Waals surface area contributed by atoms with E-state index in [9.17, 15) is 26.0 Å². The standard InChI is InChI=1S/C26H26ClF4NO3S/c1-36(33,34)23-7-3-6-22(17-23)35-16-4-14-32(15-13-19-9-11-21(28)12-10-19)18-20-5-2-8-24(25(20)27)26(29,30)31/h2-3,5-12,17H,4,13-16,18H2,1H3. The van der Waals surface area contributed by atoms with Gasteiger partial charge in [-0.1, -0.05) is 41.9 Å². The van der Waals surface area contributed by atoms with Crippen LogP contribution in [0.25, 0.3) is 0 Å². The van der Waals surface area contributed by atoms with Crippen molar-refractivity contribution < 1.29 is 30.7 Å². The predicted molar refractivity (Wildman–Crippen MR) is 131 cm³/mol. The van der Waals surface area contributed by atoms with Crippen LogP contribution in [0.3, 0.4) is 0 Å². The topological polar surface area (TPSA) is 46.6 Å². The van der Waals surface area contributed by atoms with Crippen LogP contribution in [0.2, 0.25) is 5.02 Å². The largest absolute Gasteiger partial charge is 0.494 e. The quantitative estimate of drug-likeness (QED) is 0.207. The Hall–Kier alpha value is -2.62. The summed E-state index contributed by atoms with van der Waals surface area (Å²) >= 11 is 6.10. The van der Waals surface area contributed by atoms with Gasteiger partial charge in [0.05, 0.1) is 22.1 Å². The number of halogens is 5. The minimum Gasteiger partial charge on any atom is -0.494 e. The zero-order valence-electron chi connectivity index (χ0n) is 19.6. The van der Waals surface area contributed by atoms with Gasteiger partial charge in [0, 0.05) is 25.9 Å². The minimum atomic E-state index is -4.56. The highest BCUT2D eigenvalue weighted by Crippen LogP contribution is 2.36. The molecule has 0 aliphatic carbocycles. The maximum Gasteiger partial charge on any atom is 0.417 e. The van der Waals surface area contributed by atoms with Gasteiger partial charge in [0.2, 0.25) is 0 Å². The molecule has 3 aromatic rings. The third-order valence-electron chi connectivity index (χ3n) is 5.53. The van der Waals surface area contributed by atoms with Crippen molar-refractivity contribution in [3.05, 3.63) is 94.3 Å². The second-order valence-corrected chi connectivity index (χ2v) is 10.8. The van der Waals surface area contributed by atoms with E-state index >= 15 is 0 Å². The smallest absolute Gasteiger partial charge is 0.417 e. The number of nitrogens with zero attached hydrogens (tertiary/aromatic N) is 1. The average molecular weight is 544 g/mol. The van der Waals surface area contributed by atoms with Crippen molar-refractivity contribution in [2.24, 2.45) is 0 Å². The Labute approximate surface area is 213 Å². The molecule has 0 saturated carbocycles. The van der Waals surface area contributed by atoms with Gasteiger partial charge in [0.15, 0.2) is 9.84 Å². The molecule has 3 aromatic carbocycles. The SMILES string of the molecule is CS(=O)(=O)c1cccc(OCCCN(CCc2ccc(F)cc2)Cc2cccc(C(F)(F)F)c2Cl)c1. The maximum absolute atomic E-state index is 13.3. The molecule has 36 heavy (non-hydrogen) atoms. The fourth-order valence-electron chi connectivity index (χ4n) is 3.64. The molecule has 0 unspecified atom stereocenters. The highest BCUT2D eigenvalue weighted by Gasteiger charge is 2.33. The minimum absolute atomic E-state index is 0.153. The third-order valence-corrected chi connectivity index (χ3v) is 7.09. The van der Waals surface area contributed by atoms with E-state index in [1.165, 1.54) is 30.3 Å². The highest BCUT2D eigenvalue weighted by atomic mass is 35.5. The summed E-state index contributed by atoms with van der Waals surface area (Å²) in [5, 5.41) is -0.328. The number of sulfone groups is 1. The highest BCUT2D eigenvalue weighted by molar-refractivity contribution is 7.90. The van der Waals surface area contributed by atoms with Crippen LogP contribution in [0.5, 0.6) is 5.75 Å². The number of hydrogen-bond donors (Lipinski definition) is 0. The molecule has 0 bridgehead atoms. The molecule has 0 radical (unpaired) electrons. The van der Waals surface area contributed by atoms with Gasteiger partial charge < -0.3 is 4.74 Å². The summed E-state index contributed by atoms with van der Waals surface area (Å²) in [5.41, 5.74) is 0.368. The van der Waals surface area contributed by atoms with Crippen LogP contribution in [-0.2, 0) is 29.0 Å². The molecule has 10 heteroatoms. The van der Waals surface area contributed by atoms with Gasteiger partial charge in [-0.25, -0.2) is 12.8 Å². The molecule has 0 aliphatic rings. The van der Waals surface area contributed by atoms with E-state index < -0.39 is 21.6 Å². The first-order valence-electron chi connectivity index (χ1n) is 11.2. The molecule has 0 amide bonds. The van der Waals surface area contributed by atoms with Gasteiger partial charge in [-0.05, 0) is 60.4 Å². The van der Waals surface area contributed by atoms with Gasteiger partial charge in [-0.3, -0.25) is 4.90 Å². The lowest BCUT2D eigenvalue weighted by Crippen LogP contribution is -2.28. The molecule has 0 heterocycles. The zero-order valence-corrected chi connectivity index (χ0v) is 21.1. The van der Waals surface area contributed by atoms with E-state index in [4.69, 9.17) is 16.3 Å². The molecule has 3 rings (SSSR count). The fourth-order valence-corrected chi connectivity index (χ4v) is 4.59. The van der Waals surface area contributed by atoms with Crippen molar-refractivity contribution in [1.82, 2.24) is 4.90 Å². The molecular weight excluding hydrogens is 518 g/mol. The Bertz CT molecular complexity index is 1260. The summed E-state index contributed by atoms with van der Waals surface area (Å²) < 4.78 is 82.3. The molecule has 0 aromatic heterocycles. The van der Waals surface area contributed by atoms with Crippen molar-refractivity contribution in [2.75, 3.05) is 26.0 Å². The summed E-state index contributed by atoms with van der Waals surface area (Å²) in [6, 6.07) is 16.1. The molecule has 194 valence electrons. The van der Waals surface area contributed by atoms with Crippen LogP contribution in [0, 0.1) is 5.82 Å². The number of benzene rings is 3. The van der Waals surface area contributed by atoms with E-state index in [1.54, 1.807) is 30.3 Å². The summed E-state index contributed by atoms with van der Waals surface area (Å²) in [5.74, 6) is 0.0696. The van der Waals surface area contributed by atoms with E-state index in [-0.39, 0.29) is 28.9 Å². The van der Waals surface area contributed by atoms with Crippen LogP contribution in [-0.4, -0.2) is 39.3 Å². The summed E-state index contributed by atoms with van der Waals surface area (Å²) in [6.45, 7) is 1.45. The molecule has 0 N–H and O–H groups in total. The van der Waals surface area contributed by atoms with Gasteiger partial charge in [0.1, 0.15) is 11.6 Å². The van der Waals surface area contributed by atoms with E-state index in [2.05, 4.69) is 0 Å². The summed E-state index contributed by atoms with van der Waals surface area (Å²) in [7, 11) is -3.36. The Balaban J connectivity index is 1.67. The summed E-state index contributed by atoms with van der Waals surface area (Å²) in [4.78, 5) is 2.11. The first-order valence-corrected chi connectivity index (χ1v) is 13.4. The van der Waals surface area contributed by atoms with Crippen LogP contribution in [0.15, 0.2) is 71.6 Å². The van der Waals surface area contributed by atoms with Crippen molar-refractivity contribution in [3.8, 4) is 5.75 Å². The van der Waals surface area contributed by atoms with Crippen molar-refractivity contribution in [1.29, 1.82) is 0 Å². The van der Waals surface area contributed by atoms with Gasteiger partial charge >= 0.3 is 6.18 Å². The maximum atomic E-state index is 13.3. The fraction of sp³-hybridized carbons (Fsp3) is 0.308. The van der Waals surface area contributed by atoms with Crippen LogP contribution < -0.4 is 4.74 Å². The molecular formula is C26H26ClF4NO3S. The predicted octanol–water partition coefficient (Wildman–Crippen LogP) is 6.42. The zero-order chi connectivity index (χ0) is 26.3. The second-order valence-electron chi connectivity index (χ2n) is 8.38. The molecule has 0 saturated heterocycles. The number of hydrogen-bond acceptors (Lipinski definition) is 4. The van der Waals surface area contributed by atoms with Crippen molar-refractivity contribution in [2.45, 2.75) is 30.5 Å². The molecule has 4 nitrogen and oxygen atoms in total.